The van der Waals surface area contributed by atoms with Crippen LogP contribution in [-0.4, -0.2) is 42.4 Å². The van der Waals surface area contributed by atoms with Crippen LogP contribution in [0, 0.1) is 0 Å². The summed E-state index contributed by atoms with van der Waals surface area (Å²) in [6.07, 6.45) is 11.8. The second kappa shape index (κ2) is 7.61. The van der Waals surface area contributed by atoms with Gasteiger partial charge in [-0.15, -0.1) is 0 Å². The lowest BCUT2D eigenvalue weighted by Crippen LogP contribution is -2.40. The third kappa shape index (κ3) is 3.99. The SMILES string of the molecule is OC1(c2ccc(/C=C3\CCCN(C4CCC4)CC3)cc2)CCOCC1. The molecule has 1 N–H and O–H groups in total. The first-order chi connectivity index (χ1) is 12.2. The topological polar surface area (TPSA) is 32.7 Å². The largest absolute Gasteiger partial charge is 0.385 e. The maximum Gasteiger partial charge on any atom is 0.0940 e. The zero-order valence-electron chi connectivity index (χ0n) is 15.3. The molecule has 2 heterocycles. The van der Waals surface area contributed by atoms with Crippen molar-refractivity contribution in [3.63, 3.8) is 0 Å². The molecule has 136 valence electrons. The maximum absolute atomic E-state index is 10.8. The molecule has 2 saturated heterocycles. The van der Waals surface area contributed by atoms with Gasteiger partial charge < -0.3 is 14.7 Å². The Morgan fingerprint density at radius 2 is 1.76 bits per heavy atom. The van der Waals surface area contributed by atoms with E-state index < -0.39 is 5.60 Å². The van der Waals surface area contributed by atoms with Gasteiger partial charge in [-0.05, 0) is 49.8 Å². The highest BCUT2D eigenvalue weighted by Gasteiger charge is 2.31. The van der Waals surface area contributed by atoms with Crippen LogP contribution in [0.4, 0.5) is 0 Å². The van der Waals surface area contributed by atoms with Crippen LogP contribution in [0.5, 0.6) is 0 Å². The molecular weight excluding hydrogens is 310 g/mol. The molecule has 0 spiro atoms. The minimum Gasteiger partial charge on any atom is -0.385 e. The third-order valence-electron chi connectivity index (χ3n) is 6.39. The molecule has 0 radical (unpaired) electrons. The van der Waals surface area contributed by atoms with Crippen molar-refractivity contribution >= 4 is 6.08 Å². The van der Waals surface area contributed by atoms with Crippen LogP contribution < -0.4 is 0 Å². The predicted molar refractivity (Wildman–Crippen MR) is 101 cm³/mol. The van der Waals surface area contributed by atoms with Crippen LogP contribution in [0.25, 0.3) is 6.08 Å². The summed E-state index contributed by atoms with van der Waals surface area (Å²) in [5.74, 6) is 0. The van der Waals surface area contributed by atoms with Gasteiger partial charge in [0.1, 0.15) is 0 Å². The number of hydrogen-bond acceptors (Lipinski definition) is 3. The molecule has 1 aromatic rings. The Hall–Kier alpha value is -1.16. The lowest BCUT2D eigenvalue weighted by Gasteiger charge is -2.36. The van der Waals surface area contributed by atoms with Crippen molar-refractivity contribution in [2.24, 2.45) is 0 Å². The van der Waals surface area contributed by atoms with Gasteiger partial charge in [-0.3, -0.25) is 0 Å². The van der Waals surface area contributed by atoms with Crippen LogP contribution in [0.1, 0.15) is 62.5 Å². The fourth-order valence-electron chi connectivity index (χ4n) is 4.42. The molecule has 0 bridgehead atoms. The fourth-order valence-corrected chi connectivity index (χ4v) is 4.42. The van der Waals surface area contributed by atoms with Crippen molar-refractivity contribution in [1.82, 2.24) is 4.90 Å². The van der Waals surface area contributed by atoms with Crippen molar-refractivity contribution in [3.05, 3.63) is 41.0 Å². The minimum atomic E-state index is -0.699. The normalized spacial score (nSPS) is 27.0. The highest BCUT2D eigenvalue weighted by atomic mass is 16.5. The van der Waals surface area contributed by atoms with Gasteiger partial charge >= 0.3 is 0 Å². The number of aliphatic hydroxyl groups is 1. The van der Waals surface area contributed by atoms with E-state index in [9.17, 15) is 5.11 Å². The van der Waals surface area contributed by atoms with Crippen molar-refractivity contribution < 1.29 is 9.84 Å². The number of nitrogens with zero attached hydrogens (tertiary/aromatic N) is 1. The van der Waals surface area contributed by atoms with Gasteiger partial charge in [-0.25, -0.2) is 0 Å². The Bertz CT molecular complexity index is 597. The quantitative estimate of drug-likeness (QED) is 0.898. The molecule has 0 unspecified atom stereocenters. The zero-order chi connectivity index (χ0) is 17.1. The van der Waals surface area contributed by atoms with Gasteiger partial charge in [-0.1, -0.05) is 42.3 Å². The standard InChI is InChI=1S/C22H31NO2/c24-22(11-15-25-16-12-22)20-8-6-19(7-9-20)17-18-3-2-13-23(14-10-18)21-4-1-5-21/h6-9,17,21,24H,1-5,10-16H2/b18-17+. The molecule has 1 aromatic carbocycles. The first-order valence-electron chi connectivity index (χ1n) is 10.1. The van der Waals surface area contributed by atoms with Crippen LogP contribution in [0.15, 0.2) is 29.8 Å². The molecule has 0 aromatic heterocycles. The van der Waals surface area contributed by atoms with Crippen molar-refractivity contribution in [2.75, 3.05) is 26.3 Å². The molecular formula is C22H31NO2. The molecule has 4 rings (SSSR count). The molecule has 25 heavy (non-hydrogen) atoms. The Kier molecular flexibility index (Phi) is 5.25. The van der Waals surface area contributed by atoms with Gasteiger partial charge in [0.25, 0.3) is 0 Å². The Balaban J connectivity index is 1.40. The summed E-state index contributed by atoms with van der Waals surface area (Å²) >= 11 is 0. The molecule has 0 atom stereocenters. The first kappa shape index (κ1) is 17.3. The van der Waals surface area contributed by atoms with Gasteiger partial charge in [0.05, 0.1) is 5.60 Å². The average Bonchev–Trinajstić information content (AvgIpc) is 2.80. The number of rotatable bonds is 3. The van der Waals surface area contributed by atoms with E-state index in [1.807, 2.05) is 0 Å². The number of ether oxygens (including phenoxy) is 1. The summed E-state index contributed by atoms with van der Waals surface area (Å²) in [6, 6.07) is 9.43. The van der Waals surface area contributed by atoms with E-state index in [0.717, 1.165) is 11.6 Å². The van der Waals surface area contributed by atoms with Crippen LogP contribution >= 0.6 is 0 Å². The summed E-state index contributed by atoms with van der Waals surface area (Å²) in [6.45, 7) is 3.81. The summed E-state index contributed by atoms with van der Waals surface area (Å²) in [5.41, 5.74) is 3.19. The van der Waals surface area contributed by atoms with Gasteiger partial charge in [-0.2, -0.15) is 0 Å². The highest BCUT2D eigenvalue weighted by molar-refractivity contribution is 5.53. The average molecular weight is 341 g/mol. The van der Waals surface area contributed by atoms with E-state index in [2.05, 4.69) is 35.2 Å². The summed E-state index contributed by atoms with van der Waals surface area (Å²) in [4.78, 5) is 2.72. The van der Waals surface area contributed by atoms with E-state index in [1.165, 1.54) is 57.2 Å². The number of hydrogen-bond donors (Lipinski definition) is 1. The second-order valence-electron chi connectivity index (χ2n) is 8.04. The summed E-state index contributed by atoms with van der Waals surface area (Å²) < 4.78 is 5.39. The van der Waals surface area contributed by atoms with Gasteiger partial charge in [0.15, 0.2) is 0 Å². The lowest BCUT2D eigenvalue weighted by atomic mass is 9.86. The lowest BCUT2D eigenvalue weighted by molar-refractivity contribution is -0.0679. The molecule has 0 amide bonds. The molecule has 3 heteroatoms. The second-order valence-corrected chi connectivity index (χ2v) is 8.04. The third-order valence-corrected chi connectivity index (χ3v) is 6.39. The number of likely N-dealkylation sites (tertiary alicyclic amines) is 1. The summed E-state index contributed by atoms with van der Waals surface area (Å²) in [5, 5.41) is 10.8. The minimum absolute atomic E-state index is 0.653. The van der Waals surface area contributed by atoms with Gasteiger partial charge in [0, 0.05) is 38.6 Å². The predicted octanol–water partition coefficient (Wildman–Crippen LogP) is 4.11. The van der Waals surface area contributed by atoms with Crippen molar-refractivity contribution in [1.29, 1.82) is 0 Å². The van der Waals surface area contributed by atoms with E-state index in [-0.39, 0.29) is 0 Å². The highest BCUT2D eigenvalue weighted by Crippen LogP contribution is 2.32. The smallest absolute Gasteiger partial charge is 0.0940 e. The Morgan fingerprint density at radius 1 is 1.00 bits per heavy atom. The van der Waals surface area contributed by atoms with Crippen LogP contribution in [0.2, 0.25) is 0 Å². The van der Waals surface area contributed by atoms with E-state index in [1.54, 1.807) is 5.57 Å². The monoisotopic (exact) mass is 341 g/mol. The van der Waals surface area contributed by atoms with Crippen molar-refractivity contribution in [2.45, 2.75) is 63.0 Å². The van der Waals surface area contributed by atoms with E-state index in [0.29, 0.717) is 26.1 Å². The molecule has 3 fully saturated rings. The zero-order valence-corrected chi connectivity index (χ0v) is 15.3. The van der Waals surface area contributed by atoms with Crippen LogP contribution in [-0.2, 0) is 10.3 Å². The summed E-state index contributed by atoms with van der Waals surface area (Å²) in [7, 11) is 0. The molecule has 1 aliphatic carbocycles. The first-order valence-corrected chi connectivity index (χ1v) is 10.1. The maximum atomic E-state index is 10.8. The van der Waals surface area contributed by atoms with E-state index >= 15 is 0 Å². The molecule has 3 aliphatic rings. The molecule has 3 nitrogen and oxygen atoms in total. The molecule has 2 aliphatic heterocycles. The van der Waals surface area contributed by atoms with Crippen LogP contribution in [0.3, 0.4) is 0 Å². The Morgan fingerprint density at radius 3 is 2.44 bits per heavy atom. The van der Waals surface area contributed by atoms with Crippen molar-refractivity contribution in [3.8, 4) is 0 Å². The Labute approximate surface area is 151 Å². The van der Waals surface area contributed by atoms with Gasteiger partial charge in [0.2, 0.25) is 0 Å². The fraction of sp³-hybridized carbons (Fsp3) is 0.636. The molecule has 1 saturated carbocycles. The van der Waals surface area contributed by atoms with E-state index in [4.69, 9.17) is 4.74 Å². The number of benzene rings is 1.